The Morgan fingerprint density at radius 1 is 1.12 bits per heavy atom. The molecule has 1 aliphatic heterocycles. The van der Waals surface area contributed by atoms with Crippen molar-refractivity contribution in [2.75, 3.05) is 13.1 Å². The van der Waals surface area contributed by atoms with Crippen molar-refractivity contribution in [2.24, 2.45) is 5.92 Å². The van der Waals surface area contributed by atoms with E-state index in [9.17, 15) is 9.59 Å². The van der Waals surface area contributed by atoms with Crippen LogP contribution in [0.4, 0.5) is 0 Å². The van der Waals surface area contributed by atoms with Crippen LogP contribution < -0.4 is 5.32 Å². The Balaban J connectivity index is 1.80. The summed E-state index contributed by atoms with van der Waals surface area (Å²) in [4.78, 5) is 27.4. The summed E-state index contributed by atoms with van der Waals surface area (Å²) >= 11 is 0. The molecule has 24 heavy (non-hydrogen) atoms. The van der Waals surface area contributed by atoms with Crippen molar-refractivity contribution in [2.45, 2.75) is 25.9 Å². The van der Waals surface area contributed by atoms with E-state index in [4.69, 9.17) is 4.42 Å². The van der Waals surface area contributed by atoms with Gasteiger partial charge in [-0.15, -0.1) is 0 Å². The molecule has 0 spiro atoms. The van der Waals surface area contributed by atoms with Crippen LogP contribution in [0, 0.1) is 5.92 Å². The number of carbonyl (C=O) groups is 2. The molecule has 1 atom stereocenters. The highest BCUT2D eigenvalue weighted by Crippen LogP contribution is 2.19. The molecule has 5 nitrogen and oxygen atoms in total. The van der Waals surface area contributed by atoms with Crippen LogP contribution in [0.5, 0.6) is 0 Å². The zero-order valence-corrected chi connectivity index (χ0v) is 13.8. The number of rotatable bonds is 5. The summed E-state index contributed by atoms with van der Waals surface area (Å²) in [5.41, 5.74) is 0.598. The average molecular weight is 326 g/mol. The molecule has 0 saturated carbocycles. The van der Waals surface area contributed by atoms with Gasteiger partial charge in [0.25, 0.3) is 5.91 Å². The number of hydrogen-bond acceptors (Lipinski definition) is 4. The van der Waals surface area contributed by atoms with Crippen LogP contribution >= 0.6 is 0 Å². The largest absolute Gasteiger partial charge is 0.459 e. The van der Waals surface area contributed by atoms with Crippen LogP contribution in [0.1, 0.15) is 40.7 Å². The number of furan rings is 1. The molecule has 0 aliphatic carbocycles. The molecule has 1 saturated heterocycles. The minimum atomic E-state index is -0.669. The number of benzene rings is 1. The van der Waals surface area contributed by atoms with Gasteiger partial charge >= 0.3 is 0 Å². The van der Waals surface area contributed by atoms with Gasteiger partial charge in [0.05, 0.1) is 6.26 Å². The number of likely N-dealkylation sites (tertiary alicyclic amines) is 1. The number of Topliss-reactive ketones (excluding diaryl/α,β-unsaturated/α-hetero) is 1. The number of ketones is 1. The second-order valence-corrected chi connectivity index (χ2v) is 6.30. The Morgan fingerprint density at radius 2 is 1.83 bits per heavy atom. The average Bonchev–Trinajstić information content (AvgIpc) is 3.15. The van der Waals surface area contributed by atoms with Gasteiger partial charge in [0.15, 0.2) is 11.5 Å². The third kappa shape index (κ3) is 3.74. The molecule has 1 aliphatic rings. The highest BCUT2D eigenvalue weighted by atomic mass is 16.3. The quantitative estimate of drug-likeness (QED) is 0.858. The fraction of sp³-hybridized carbons (Fsp3) is 0.368. The molecular weight excluding hydrogens is 304 g/mol. The van der Waals surface area contributed by atoms with Crippen LogP contribution in [-0.4, -0.2) is 35.8 Å². The molecule has 1 amide bonds. The van der Waals surface area contributed by atoms with Crippen molar-refractivity contribution < 1.29 is 14.0 Å². The maximum atomic E-state index is 12.9. The molecule has 0 bridgehead atoms. The van der Waals surface area contributed by atoms with Crippen molar-refractivity contribution >= 4 is 11.7 Å². The predicted octanol–water partition coefficient (Wildman–Crippen LogP) is 2.95. The number of amides is 1. The molecule has 2 aromatic rings. The summed E-state index contributed by atoms with van der Waals surface area (Å²) < 4.78 is 5.14. The third-order valence-corrected chi connectivity index (χ3v) is 4.50. The third-order valence-electron chi connectivity index (χ3n) is 4.50. The first kappa shape index (κ1) is 16.5. The summed E-state index contributed by atoms with van der Waals surface area (Å²) in [5, 5.41) is 2.85. The molecule has 0 radical (unpaired) electrons. The van der Waals surface area contributed by atoms with Gasteiger partial charge < -0.3 is 9.73 Å². The number of hydrogen-bond donors (Lipinski definition) is 1. The Bertz CT molecular complexity index is 674. The lowest BCUT2D eigenvalue weighted by Gasteiger charge is -2.36. The predicted molar refractivity (Wildman–Crippen MR) is 90.7 cm³/mol. The van der Waals surface area contributed by atoms with Gasteiger partial charge in [-0.1, -0.05) is 37.3 Å². The van der Waals surface area contributed by atoms with E-state index in [0.717, 1.165) is 25.9 Å². The first-order chi connectivity index (χ1) is 11.6. The van der Waals surface area contributed by atoms with Crippen molar-refractivity contribution in [1.82, 2.24) is 10.2 Å². The van der Waals surface area contributed by atoms with Crippen LogP contribution in [0.15, 0.2) is 53.1 Å². The summed E-state index contributed by atoms with van der Waals surface area (Å²) in [6.45, 7) is 3.80. The SMILES string of the molecule is CC1CCN([C@@H](NC(=O)c2ccco2)C(=O)c2ccccc2)CC1. The van der Waals surface area contributed by atoms with E-state index in [1.54, 1.807) is 24.3 Å². The van der Waals surface area contributed by atoms with Crippen LogP contribution in [0.3, 0.4) is 0 Å². The molecular formula is C19H22N2O3. The van der Waals surface area contributed by atoms with E-state index in [1.807, 2.05) is 18.2 Å². The molecule has 3 rings (SSSR count). The highest BCUT2D eigenvalue weighted by Gasteiger charge is 2.31. The van der Waals surface area contributed by atoms with Crippen LogP contribution in [0.2, 0.25) is 0 Å². The van der Waals surface area contributed by atoms with Crippen LogP contribution in [-0.2, 0) is 0 Å². The lowest BCUT2D eigenvalue weighted by Crippen LogP contribution is -2.55. The topological polar surface area (TPSA) is 62.6 Å². The van der Waals surface area contributed by atoms with Crippen molar-refractivity contribution in [3.05, 3.63) is 60.1 Å². The van der Waals surface area contributed by atoms with Gasteiger partial charge in [-0.3, -0.25) is 14.5 Å². The molecule has 1 aromatic carbocycles. The first-order valence-corrected chi connectivity index (χ1v) is 8.33. The molecule has 5 heteroatoms. The Labute approximate surface area is 141 Å². The minimum absolute atomic E-state index is 0.0925. The van der Waals surface area contributed by atoms with E-state index in [-0.39, 0.29) is 17.5 Å². The smallest absolute Gasteiger partial charge is 0.288 e. The second-order valence-electron chi connectivity index (χ2n) is 6.30. The Morgan fingerprint density at radius 3 is 2.46 bits per heavy atom. The van der Waals surface area contributed by atoms with Gasteiger partial charge in [0.2, 0.25) is 0 Å². The van der Waals surface area contributed by atoms with Gasteiger partial charge in [0.1, 0.15) is 6.17 Å². The number of piperidine rings is 1. The fourth-order valence-corrected chi connectivity index (χ4v) is 2.97. The summed E-state index contributed by atoms with van der Waals surface area (Å²) in [7, 11) is 0. The monoisotopic (exact) mass is 326 g/mol. The van der Waals surface area contributed by atoms with Crippen molar-refractivity contribution in [1.29, 1.82) is 0 Å². The number of carbonyl (C=O) groups excluding carboxylic acids is 2. The van der Waals surface area contributed by atoms with E-state index in [2.05, 4.69) is 17.1 Å². The minimum Gasteiger partial charge on any atom is -0.459 e. The first-order valence-electron chi connectivity index (χ1n) is 8.33. The molecule has 2 heterocycles. The lowest BCUT2D eigenvalue weighted by atomic mass is 9.97. The number of nitrogens with zero attached hydrogens (tertiary/aromatic N) is 1. The standard InChI is InChI=1S/C19H22N2O3/c1-14-9-11-21(12-10-14)18(17(22)15-6-3-2-4-7-15)20-19(23)16-8-5-13-24-16/h2-8,13-14,18H,9-12H2,1H3,(H,20,23)/t18-/m1/s1. The van der Waals surface area contributed by atoms with Crippen LogP contribution in [0.25, 0.3) is 0 Å². The van der Waals surface area contributed by atoms with Gasteiger partial charge in [-0.2, -0.15) is 0 Å². The van der Waals surface area contributed by atoms with E-state index >= 15 is 0 Å². The van der Waals surface area contributed by atoms with Gasteiger partial charge in [-0.05, 0) is 30.9 Å². The van der Waals surface area contributed by atoms with E-state index in [0.29, 0.717) is 11.5 Å². The summed E-state index contributed by atoms with van der Waals surface area (Å²) in [6.07, 6.45) is 2.83. The van der Waals surface area contributed by atoms with Gasteiger partial charge in [-0.25, -0.2) is 0 Å². The molecule has 126 valence electrons. The Kier molecular flexibility index (Phi) is 5.11. The van der Waals surface area contributed by atoms with Gasteiger partial charge in [0, 0.05) is 18.7 Å². The molecule has 0 unspecified atom stereocenters. The van der Waals surface area contributed by atoms with Crippen molar-refractivity contribution in [3.63, 3.8) is 0 Å². The maximum Gasteiger partial charge on any atom is 0.288 e. The van der Waals surface area contributed by atoms with E-state index < -0.39 is 6.17 Å². The Hall–Kier alpha value is -2.40. The lowest BCUT2D eigenvalue weighted by molar-refractivity contribution is 0.0609. The number of nitrogens with one attached hydrogen (secondary N) is 1. The zero-order chi connectivity index (χ0) is 16.9. The maximum absolute atomic E-state index is 12.9. The second kappa shape index (κ2) is 7.45. The normalized spacial score (nSPS) is 17.4. The van der Waals surface area contributed by atoms with E-state index in [1.165, 1.54) is 6.26 Å². The van der Waals surface area contributed by atoms with Crippen molar-refractivity contribution in [3.8, 4) is 0 Å². The molecule has 1 N–H and O–H groups in total. The molecule has 1 fully saturated rings. The summed E-state index contributed by atoms with van der Waals surface area (Å²) in [6, 6.07) is 12.3. The fourth-order valence-electron chi connectivity index (χ4n) is 2.97. The zero-order valence-electron chi connectivity index (χ0n) is 13.8. The summed E-state index contributed by atoms with van der Waals surface area (Å²) in [5.74, 6) is 0.402. The highest BCUT2D eigenvalue weighted by molar-refractivity contribution is 6.03. The molecule has 1 aromatic heterocycles.